The van der Waals surface area contributed by atoms with Crippen molar-refractivity contribution in [3.05, 3.63) is 65.2 Å². The molecule has 2 amide bonds. The summed E-state index contributed by atoms with van der Waals surface area (Å²) in [6.45, 7) is 6.06. The Bertz CT molecular complexity index is 1370. The van der Waals surface area contributed by atoms with Crippen molar-refractivity contribution in [2.75, 3.05) is 41.7 Å². The van der Waals surface area contributed by atoms with E-state index < -0.39 is 23.5 Å². The van der Waals surface area contributed by atoms with Crippen LogP contribution in [0.5, 0.6) is 0 Å². The van der Waals surface area contributed by atoms with Gasteiger partial charge >= 0.3 is 6.18 Å². The molecule has 1 aromatic carbocycles. The number of benzene rings is 1. The highest BCUT2D eigenvalue weighted by Crippen LogP contribution is 2.35. The van der Waals surface area contributed by atoms with Crippen LogP contribution in [0.4, 0.5) is 30.7 Å². The lowest BCUT2D eigenvalue weighted by molar-refractivity contribution is -0.141. The third-order valence-electron chi connectivity index (χ3n) is 7.24. The van der Waals surface area contributed by atoms with E-state index in [1.54, 1.807) is 15.9 Å². The number of carbonyl (C=O) groups is 2. The van der Waals surface area contributed by atoms with Crippen molar-refractivity contribution in [1.29, 1.82) is 0 Å². The summed E-state index contributed by atoms with van der Waals surface area (Å²) in [5, 5.41) is 5.70. The summed E-state index contributed by atoms with van der Waals surface area (Å²) in [4.78, 5) is 37.0. The number of nitrogens with zero attached hydrogens (tertiary/aromatic N) is 4. The molecule has 0 spiro atoms. The van der Waals surface area contributed by atoms with Crippen molar-refractivity contribution in [3.8, 4) is 0 Å². The van der Waals surface area contributed by atoms with Gasteiger partial charge in [-0.1, -0.05) is 25.1 Å². The molecular formula is C28H31F3N6O3. The minimum absolute atomic E-state index is 0.0135. The molecule has 2 aliphatic rings. The molecule has 4 heterocycles. The quantitative estimate of drug-likeness (QED) is 0.430. The van der Waals surface area contributed by atoms with Crippen LogP contribution in [0.1, 0.15) is 58.4 Å². The third-order valence-corrected chi connectivity index (χ3v) is 7.24. The minimum Gasteiger partial charge on any atom is -0.417 e. The van der Waals surface area contributed by atoms with Gasteiger partial charge in [0.15, 0.2) is 5.69 Å². The molecule has 0 bridgehead atoms. The van der Waals surface area contributed by atoms with E-state index in [2.05, 4.69) is 20.6 Å². The number of hydrogen-bond donors (Lipinski definition) is 2. The van der Waals surface area contributed by atoms with E-state index in [-0.39, 0.29) is 29.6 Å². The molecule has 0 radical (unpaired) electrons. The Morgan fingerprint density at radius 1 is 1.07 bits per heavy atom. The predicted molar refractivity (Wildman–Crippen MR) is 143 cm³/mol. The zero-order chi connectivity index (χ0) is 28.4. The lowest BCUT2D eigenvalue weighted by Crippen LogP contribution is -2.34. The second-order valence-corrected chi connectivity index (χ2v) is 10.4. The fourth-order valence-electron chi connectivity index (χ4n) is 5.15. The van der Waals surface area contributed by atoms with Crippen LogP contribution < -0.4 is 15.5 Å². The molecule has 2 saturated heterocycles. The van der Waals surface area contributed by atoms with Gasteiger partial charge in [-0.15, -0.1) is 0 Å². The van der Waals surface area contributed by atoms with Gasteiger partial charge in [0, 0.05) is 37.8 Å². The van der Waals surface area contributed by atoms with Crippen LogP contribution in [-0.2, 0) is 6.18 Å². The lowest BCUT2D eigenvalue weighted by atomic mass is 10.0. The minimum atomic E-state index is -4.85. The predicted octanol–water partition coefficient (Wildman–Crippen LogP) is 5.21. The number of carbonyl (C=O) groups excluding carboxylic acids is 2. The highest BCUT2D eigenvalue weighted by atomic mass is 19.4. The normalized spacial score (nSPS) is 19.5. The van der Waals surface area contributed by atoms with Gasteiger partial charge in [-0.2, -0.15) is 18.2 Å². The van der Waals surface area contributed by atoms with E-state index in [1.165, 1.54) is 12.3 Å². The summed E-state index contributed by atoms with van der Waals surface area (Å²) in [6, 6.07) is 10.4. The Labute approximate surface area is 229 Å². The second-order valence-electron chi connectivity index (χ2n) is 10.4. The molecule has 9 nitrogen and oxygen atoms in total. The van der Waals surface area contributed by atoms with Crippen LogP contribution in [-0.4, -0.2) is 58.9 Å². The van der Waals surface area contributed by atoms with Gasteiger partial charge in [0.25, 0.3) is 17.8 Å². The number of likely N-dealkylation sites (tertiary alicyclic amines) is 1. The summed E-state index contributed by atoms with van der Waals surface area (Å²) >= 11 is 0. The van der Waals surface area contributed by atoms with Gasteiger partial charge < -0.3 is 24.9 Å². The largest absolute Gasteiger partial charge is 0.437 e. The number of pyridine rings is 1. The number of anilines is 3. The van der Waals surface area contributed by atoms with E-state index in [4.69, 9.17) is 4.42 Å². The molecule has 3 aromatic rings. The van der Waals surface area contributed by atoms with Crippen molar-refractivity contribution in [3.63, 3.8) is 0 Å². The number of nitrogens with one attached hydrogen (secondary N) is 2. The first-order valence-corrected chi connectivity index (χ1v) is 13.3. The lowest BCUT2D eigenvalue weighted by Gasteiger charge is -2.29. The zero-order valence-corrected chi connectivity index (χ0v) is 22.3. The summed E-state index contributed by atoms with van der Waals surface area (Å²) in [7, 11) is 0. The van der Waals surface area contributed by atoms with E-state index in [0.717, 1.165) is 24.8 Å². The summed E-state index contributed by atoms with van der Waals surface area (Å²) in [5.41, 5.74) is 0.458. The SMILES string of the molecule is Cc1ccccc1C(=O)N1CC[C@H](Nc2ccc(NC(=O)c3oc(N4CCCC(C)C4)nc3C(F)(F)F)cn2)C1. The molecular weight excluding hydrogens is 525 g/mol. The van der Waals surface area contributed by atoms with E-state index in [0.29, 0.717) is 37.6 Å². The second kappa shape index (κ2) is 11.2. The van der Waals surface area contributed by atoms with E-state index >= 15 is 0 Å². The highest BCUT2D eigenvalue weighted by molar-refractivity contribution is 6.03. The van der Waals surface area contributed by atoms with Crippen molar-refractivity contribution in [1.82, 2.24) is 14.9 Å². The maximum atomic E-state index is 13.7. The van der Waals surface area contributed by atoms with Gasteiger partial charge in [-0.05, 0) is 55.9 Å². The maximum absolute atomic E-state index is 13.7. The van der Waals surface area contributed by atoms with Crippen LogP contribution in [0.15, 0.2) is 47.0 Å². The molecule has 1 unspecified atom stereocenters. The fraction of sp³-hybridized carbons (Fsp3) is 0.429. The molecule has 5 rings (SSSR count). The summed E-state index contributed by atoms with van der Waals surface area (Å²) < 4.78 is 46.4. The molecule has 12 heteroatoms. The van der Waals surface area contributed by atoms with Gasteiger partial charge in [-0.3, -0.25) is 9.59 Å². The van der Waals surface area contributed by atoms with Crippen molar-refractivity contribution < 1.29 is 27.2 Å². The molecule has 212 valence electrons. The number of hydrogen-bond acceptors (Lipinski definition) is 7. The monoisotopic (exact) mass is 556 g/mol. The molecule has 2 atom stereocenters. The van der Waals surface area contributed by atoms with Gasteiger partial charge in [-0.25, -0.2) is 4.98 Å². The zero-order valence-electron chi connectivity index (χ0n) is 22.3. The molecule has 2 fully saturated rings. The van der Waals surface area contributed by atoms with Crippen LogP contribution in [0.25, 0.3) is 0 Å². The number of halogens is 3. The number of rotatable bonds is 6. The number of oxazole rings is 1. The number of aryl methyl sites for hydroxylation is 1. The molecule has 2 aromatic heterocycles. The average Bonchev–Trinajstić information content (AvgIpc) is 3.58. The first-order chi connectivity index (χ1) is 19.1. The molecule has 2 N–H and O–H groups in total. The van der Waals surface area contributed by atoms with Gasteiger partial charge in [0.1, 0.15) is 5.82 Å². The van der Waals surface area contributed by atoms with E-state index in [1.807, 2.05) is 38.1 Å². The maximum Gasteiger partial charge on any atom is 0.437 e. The van der Waals surface area contributed by atoms with Crippen molar-refractivity contribution in [2.24, 2.45) is 5.92 Å². The van der Waals surface area contributed by atoms with Crippen LogP contribution in [0.2, 0.25) is 0 Å². The number of aromatic nitrogens is 2. The number of piperidine rings is 1. The molecule has 0 saturated carbocycles. The summed E-state index contributed by atoms with van der Waals surface area (Å²) in [5.74, 6) is -1.15. The van der Waals surface area contributed by atoms with Crippen molar-refractivity contribution >= 4 is 29.3 Å². The first-order valence-electron chi connectivity index (χ1n) is 13.3. The van der Waals surface area contributed by atoms with Gasteiger partial charge in [0.2, 0.25) is 5.76 Å². The number of amides is 2. The Hall–Kier alpha value is -4.09. The number of alkyl halides is 3. The molecule has 2 aliphatic heterocycles. The molecule has 0 aliphatic carbocycles. The highest BCUT2D eigenvalue weighted by Gasteiger charge is 2.42. The molecule has 40 heavy (non-hydrogen) atoms. The average molecular weight is 557 g/mol. The third kappa shape index (κ3) is 6.05. The van der Waals surface area contributed by atoms with Crippen molar-refractivity contribution in [2.45, 2.75) is 45.3 Å². The Balaban J connectivity index is 1.21. The Morgan fingerprint density at radius 3 is 2.58 bits per heavy atom. The van der Waals surface area contributed by atoms with Gasteiger partial charge in [0.05, 0.1) is 11.9 Å². The van der Waals surface area contributed by atoms with E-state index in [9.17, 15) is 22.8 Å². The Morgan fingerprint density at radius 2 is 1.88 bits per heavy atom. The topological polar surface area (TPSA) is 104 Å². The standard InChI is InChI=1S/C28H31F3N6O3/c1-17-6-5-12-37(15-17)27-35-24(28(29,30)31)23(40-27)25(38)34-19-9-10-22(32-14-19)33-20-11-13-36(16-20)26(39)21-8-4-3-7-18(21)2/h3-4,7-10,14,17,20H,5-6,11-13,15-16H2,1-2H3,(H,32,33)(H,34,38)/t17?,20-/m0/s1. The van der Waals surface area contributed by atoms with Crippen LogP contribution in [0, 0.1) is 12.8 Å². The Kier molecular flexibility index (Phi) is 7.68. The first kappa shape index (κ1) is 27.5. The summed E-state index contributed by atoms with van der Waals surface area (Å²) in [6.07, 6.45) is -0.985. The van der Waals surface area contributed by atoms with Crippen LogP contribution >= 0.6 is 0 Å². The van der Waals surface area contributed by atoms with Crippen LogP contribution in [0.3, 0.4) is 0 Å². The smallest absolute Gasteiger partial charge is 0.417 e. The fourth-order valence-corrected chi connectivity index (χ4v) is 5.15.